The van der Waals surface area contributed by atoms with Crippen LogP contribution in [0.2, 0.25) is 0 Å². The van der Waals surface area contributed by atoms with E-state index in [-0.39, 0.29) is 38.7 Å². The molecule has 2 heteroatoms. The van der Waals surface area contributed by atoms with Gasteiger partial charge in [0.15, 0.2) is 0 Å². The SMILES string of the molecule is Cc1cc2c(-c3ccccc3)cccc2[cH-]1.[Br-].[CH2-]CCC.[Ti+2]. The molecule has 0 radical (unpaired) electrons. The minimum absolute atomic E-state index is 0. The summed E-state index contributed by atoms with van der Waals surface area (Å²) in [6.07, 6.45) is 2.28. The van der Waals surface area contributed by atoms with Gasteiger partial charge in [-0.1, -0.05) is 62.2 Å². The van der Waals surface area contributed by atoms with Crippen molar-refractivity contribution in [1.29, 1.82) is 0 Å². The van der Waals surface area contributed by atoms with E-state index >= 15 is 0 Å². The largest absolute Gasteiger partial charge is 2.00 e. The maximum atomic E-state index is 3.60. The number of halogens is 1. The number of benzene rings is 2. The number of hydrogen-bond acceptors (Lipinski definition) is 0. The molecule has 0 atom stereocenters. The summed E-state index contributed by atoms with van der Waals surface area (Å²) < 4.78 is 0. The number of fused-ring (bicyclic) bond motifs is 1. The molecular formula is C20H22BrTi-. The van der Waals surface area contributed by atoms with Crippen molar-refractivity contribution < 1.29 is 38.7 Å². The molecule has 0 saturated carbocycles. The summed E-state index contributed by atoms with van der Waals surface area (Å²) in [5, 5.41) is 2.69. The first-order valence-corrected chi connectivity index (χ1v) is 7.27. The fourth-order valence-corrected chi connectivity index (χ4v) is 2.25. The van der Waals surface area contributed by atoms with E-state index in [9.17, 15) is 0 Å². The molecule has 3 aromatic carbocycles. The Hall–Kier alpha value is -0.756. The molecule has 0 saturated heterocycles. The predicted molar refractivity (Wildman–Crippen MR) is 90.0 cm³/mol. The predicted octanol–water partition coefficient (Wildman–Crippen LogP) is 3.16. The van der Waals surface area contributed by atoms with Gasteiger partial charge in [-0.2, -0.15) is 12.5 Å². The van der Waals surface area contributed by atoms with Crippen LogP contribution in [0.4, 0.5) is 0 Å². The summed E-state index contributed by atoms with van der Waals surface area (Å²) >= 11 is 0. The average molecular weight is 390 g/mol. The second kappa shape index (κ2) is 10.9. The van der Waals surface area contributed by atoms with Crippen LogP contribution in [0.15, 0.2) is 60.7 Å². The van der Waals surface area contributed by atoms with Crippen LogP contribution < -0.4 is 17.0 Å². The maximum Gasteiger partial charge on any atom is 2.00 e. The van der Waals surface area contributed by atoms with Crippen LogP contribution in [0.25, 0.3) is 21.9 Å². The molecule has 0 aliphatic heterocycles. The Morgan fingerprint density at radius 1 is 1.00 bits per heavy atom. The third-order valence-electron chi connectivity index (χ3n) is 3.33. The van der Waals surface area contributed by atoms with Gasteiger partial charge in [-0.25, -0.2) is 0 Å². The molecule has 0 fully saturated rings. The smallest absolute Gasteiger partial charge is 1.00 e. The summed E-state index contributed by atoms with van der Waals surface area (Å²) in [5.41, 5.74) is 3.95. The molecule has 22 heavy (non-hydrogen) atoms. The van der Waals surface area contributed by atoms with Crippen LogP contribution in [0.3, 0.4) is 0 Å². The van der Waals surface area contributed by atoms with E-state index < -0.39 is 0 Å². The van der Waals surface area contributed by atoms with Gasteiger partial charge in [0.05, 0.1) is 0 Å². The molecule has 0 amide bonds. The summed E-state index contributed by atoms with van der Waals surface area (Å²) in [7, 11) is 0. The van der Waals surface area contributed by atoms with Gasteiger partial charge in [0.25, 0.3) is 0 Å². The fourth-order valence-electron chi connectivity index (χ4n) is 2.25. The topological polar surface area (TPSA) is 0 Å². The fraction of sp³-hybridized carbons (Fsp3) is 0.200. The van der Waals surface area contributed by atoms with Gasteiger partial charge in [0.1, 0.15) is 0 Å². The molecule has 0 N–H and O–H groups in total. The Kier molecular flexibility index (Phi) is 10.5. The van der Waals surface area contributed by atoms with E-state index in [1.54, 1.807) is 0 Å². The number of unbranched alkanes of at least 4 members (excludes halogenated alkanes) is 1. The molecule has 114 valence electrons. The first-order chi connectivity index (χ1) is 9.76. The first-order valence-electron chi connectivity index (χ1n) is 7.27. The van der Waals surface area contributed by atoms with E-state index in [4.69, 9.17) is 0 Å². The molecular weight excluding hydrogens is 368 g/mol. The Labute approximate surface area is 160 Å². The molecule has 3 aromatic rings. The summed E-state index contributed by atoms with van der Waals surface area (Å²) in [4.78, 5) is 0. The quantitative estimate of drug-likeness (QED) is 0.466. The second-order valence-corrected chi connectivity index (χ2v) is 5.06. The summed E-state index contributed by atoms with van der Waals surface area (Å²) in [5.74, 6) is 0. The van der Waals surface area contributed by atoms with Crippen molar-refractivity contribution >= 4 is 10.8 Å². The Morgan fingerprint density at radius 3 is 2.23 bits per heavy atom. The zero-order valence-electron chi connectivity index (χ0n) is 13.3. The van der Waals surface area contributed by atoms with Crippen LogP contribution >= 0.6 is 0 Å². The van der Waals surface area contributed by atoms with Crippen LogP contribution in [-0.2, 0) is 21.7 Å². The van der Waals surface area contributed by atoms with Crippen molar-refractivity contribution in [2.75, 3.05) is 0 Å². The molecule has 0 heterocycles. The van der Waals surface area contributed by atoms with Crippen molar-refractivity contribution in [3.63, 3.8) is 0 Å². The summed E-state index contributed by atoms with van der Waals surface area (Å²) in [6, 6.07) is 21.6. The van der Waals surface area contributed by atoms with E-state index in [0.29, 0.717) is 0 Å². The third kappa shape index (κ3) is 5.46. The zero-order valence-corrected chi connectivity index (χ0v) is 16.4. The van der Waals surface area contributed by atoms with Crippen molar-refractivity contribution in [3.05, 3.63) is 73.2 Å². The third-order valence-corrected chi connectivity index (χ3v) is 3.33. The minimum atomic E-state index is 0. The van der Waals surface area contributed by atoms with Gasteiger partial charge in [0, 0.05) is 0 Å². The van der Waals surface area contributed by atoms with Gasteiger partial charge in [-0.15, -0.1) is 34.5 Å². The van der Waals surface area contributed by atoms with Gasteiger partial charge in [0.2, 0.25) is 0 Å². The number of rotatable bonds is 2. The normalized spacial score (nSPS) is 9.23. The van der Waals surface area contributed by atoms with Crippen molar-refractivity contribution in [3.8, 4) is 11.1 Å². The number of aryl methyl sites for hydroxylation is 1. The van der Waals surface area contributed by atoms with E-state index in [2.05, 4.69) is 81.4 Å². The van der Waals surface area contributed by atoms with E-state index in [1.807, 2.05) is 0 Å². The standard InChI is InChI=1S/C16H13.C4H9.BrH.Ti/c1-12-10-14-8-5-9-15(16(14)11-12)13-6-3-2-4-7-13;1-3-4-2;;/h2-11H,1H3;1,3-4H2,2H3;1H;/q2*-1;;+2/p-1. The molecule has 0 aliphatic rings. The Bertz CT molecular complexity index is 654. The van der Waals surface area contributed by atoms with Crippen LogP contribution in [0, 0.1) is 13.8 Å². The number of hydrogen-bond donors (Lipinski definition) is 0. The van der Waals surface area contributed by atoms with E-state index in [1.165, 1.54) is 33.9 Å². The van der Waals surface area contributed by atoms with Crippen molar-refractivity contribution in [2.24, 2.45) is 0 Å². The second-order valence-electron chi connectivity index (χ2n) is 5.06. The average Bonchev–Trinajstić information content (AvgIpc) is 2.88. The van der Waals surface area contributed by atoms with Gasteiger partial charge in [-0.3, -0.25) is 0 Å². The van der Waals surface area contributed by atoms with Crippen molar-refractivity contribution in [1.82, 2.24) is 0 Å². The minimum Gasteiger partial charge on any atom is -1.00 e. The maximum absolute atomic E-state index is 3.60. The van der Waals surface area contributed by atoms with Crippen LogP contribution in [-0.4, -0.2) is 0 Å². The van der Waals surface area contributed by atoms with E-state index in [0.717, 1.165) is 6.42 Å². The van der Waals surface area contributed by atoms with Crippen molar-refractivity contribution in [2.45, 2.75) is 26.7 Å². The molecule has 0 aliphatic carbocycles. The summed E-state index contributed by atoms with van der Waals surface area (Å²) in [6.45, 7) is 7.87. The molecule has 0 aromatic heterocycles. The molecule has 0 nitrogen and oxygen atoms in total. The van der Waals surface area contributed by atoms with Gasteiger partial charge in [-0.05, 0) is 5.56 Å². The first kappa shape index (κ1) is 21.2. The molecule has 3 rings (SSSR count). The van der Waals surface area contributed by atoms with Crippen LogP contribution in [0.5, 0.6) is 0 Å². The zero-order chi connectivity index (χ0) is 14.4. The van der Waals surface area contributed by atoms with Gasteiger partial charge >= 0.3 is 21.7 Å². The molecule has 0 unspecified atom stereocenters. The molecule has 0 bridgehead atoms. The Morgan fingerprint density at radius 2 is 1.64 bits per heavy atom. The Balaban J connectivity index is 0.000000665. The monoisotopic (exact) mass is 389 g/mol. The molecule has 0 spiro atoms. The van der Waals surface area contributed by atoms with Gasteiger partial charge < -0.3 is 23.9 Å². The van der Waals surface area contributed by atoms with Crippen LogP contribution in [0.1, 0.15) is 25.3 Å².